The first-order chi connectivity index (χ1) is 19.3. The molecule has 0 nitrogen and oxygen atoms in total. The topological polar surface area (TPSA) is 0 Å². The maximum Gasteiger partial charge on any atom is 0.113 e. The molecule has 5 aliphatic rings. The fourth-order valence-corrected chi connectivity index (χ4v) is 10.8. The summed E-state index contributed by atoms with van der Waals surface area (Å²) in [6.45, 7) is 4.85. The summed E-state index contributed by atoms with van der Waals surface area (Å²) in [6.07, 6.45) is 7.60. The Kier molecular flexibility index (Phi) is 4.75. The van der Waals surface area contributed by atoms with E-state index in [-0.39, 0.29) is 5.41 Å². The van der Waals surface area contributed by atoms with Crippen molar-refractivity contribution in [2.24, 2.45) is 29.1 Å². The van der Waals surface area contributed by atoms with Crippen LogP contribution in [0.15, 0.2) is 78.9 Å². The van der Waals surface area contributed by atoms with Gasteiger partial charge in [0, 0.05) is 10.4 Å². The van der Waals surface area contributed by atoms with Gasteiger partial charge >= 0.3 is 0 Å². The molecule has 0 saturated heterocycles. The van der Waals surface area contributed by atoms with E-state index in [9.17, 15) is 0 Å². The Hall–Kier alpha value is -2.77. The van der Waals surface area contributed by atoms with Crippen molar-refractivity contribution in [2.75, 3.05) is 0 Å². The quantitative estimate of drug-likeness (QED) is 0.229. The molecule has 0 heterocycles. The number of rotatable bonds is 3. The molecule has 2 heteroatoms. The van der Waals surface area contributed by atoms with Gasteiger partial charge in [-0.2, -0.15) is 0 Å². The van der Waals surface area contributed by atoms with Crippen LogP contribution in [-0.2, 0) is 5.41 Å². The van der Waals surface area contributed by atoms with Crippen LogP contribution in [-0.4, -0.2) is 7.85 Å². The van der Waals surface area contributed by atoms with Gasteiger partial charge in [0.15, 0.2) is 0 Å². The van der Waals surface area contributed by atoms with E-state index < -0.39 is 0 Å². The summed E-state index contributed by atoms with van der Waals surface area (Å²) in [5.41, 5.74) is 13.5. The van der Waals surface area contributed by atoms with Crippen LogP contribution in [0, 0.1) is 29.1 Å². The Labute approximate surface area is 244 Å². The van der Waals surface area contributed by atoms with E-state index in [1.807, 2.05) is 18.2 Å². The number of benzene rings is 4. The Balaban J connectivity index is 1.09. The first-order valence-electron chi connectivity index (χ1n) is 15.3. The van der Waals surface area contributed by atoms with Crippen LogP contribution in [0.3, 0.4) is 0 Å². The predicted octanol–water partition coefficient (Wildman–Crippen LogP) is 9.31. The second-order valence-corrected chi connectivity index (χ2v) is 14.8. The van der Waals surface area contributed by atoms with Gasteiger partial charge in [-0.15, -0.1) is 0 Å². The van der Waals surface area contributed by atoms with Gasteiger partial charge in [0.2, 0.25) is 0 Å². The predicted molar refractivity (Wildman–Crippen MR) is 167 cm³/mol. The molecule has 40 heavy (non-hydrogen) atoms. The highest BCUT2D eigenvalue weighted by molar-refractivity contribution is 6.32. The van der Waals surface area contributed by atoms with E-state index in [4.69, 9.17) is 19.4 Å². The number of halogens is 1. The molecule has 5 aliphatic carbocycles. The molecule has 196 valence electrons. The smallest absolute Gasteiger partial charge is 0.0966 e. The minimum absolute atomic E-state index is 0.0256. The highest BCUT2D eigenvalue weighted by Crippen LogP contribution is 2.79. The lowest BCUT2D eigenvalue weighted by atomic mass is 9.54. The second-order valence-electron chi connectivity index (χ2n) is 14.3. The third kappa shape index (κ3) is 3.11. The van der Waals surface area contributed by atoms with Crippen LogP contribution in [0.1, 0.15) is 68.6 Å². The maximum absolute atomic E-state index is 6.66. The van der Waals surface area contributed by atoms with E-state index in [1.165, 1.54) is 47.1 Å². The molecule has 4 aromatic carbocycles. The van der Waals surface area contributed by atoms with Crippen LogP contribution in [0.2, 0.25) is 5.02 Å². The fraction of sp³-hybridized carbons (Fsp3) is 0.368. The van der Waals surface area contributed by atoms with Gasteiger partial charge in [-0.25, -0.2) is 0 Å². The van der Waals surface area contributed by atoms with Gasteiger partial charge in [-0.1, -0.05) is 85.5 Å². The van der Waals surface area contributed by atoms with Gasteiger partial charge in [0.05, 0.1) is 0 Å². The SMILES string of the molecule is [B]c1ccc(-c2cc(Cl)cc(-c3ccc4c(c3)C(C)(C)c3cc(C5C6CC7CC8CC5C8(C7)C6)ccc3-4)c2)cc1. The Morgan fingerprint density at radius 1 is 0.700 bits per heavy atom. The third-order valence-electron chi connectivity index (χ3n) is 12.2. The van der Waals surface area contributed by atoms with Gasteiger partial charge in [0.1, 0.15) is 7.85 Å². The van der Waals surface area contributed by atoms with Crippen molar-refractivity contribution in [3.63, 3.8) is 0 Å². The summed E-state index contributed by atoms with van der Waals surface area (Å²) in [5.74, 6) is 4.74. The normalized spacial score (nSPS) is 31.5. The lowest BCUT2D eigenvalue weighted by Crippen LogP contribution is -2.43. The van der Waals surface area contributed by atoms with Gasteiger partial charge < -0.3 is 0 Å². The molecule has 3 bridgehead atoms. The fourth-order valence-electron chi connectivity index (χ4n) is 10.5. The first kappa shape index (κ1) is 23.9. The monoisotopic (exact) mass is 536 g/mol. The highest BCUT2D eigenvalue weighted by Gasteiger charge is 2.70. The molecule has 0 aliphatic heterocycles. The van der Waals surface area contributed by atoms with Gasteiger partial charge in [0.25, 0.3) is 0 Å². The lowest BCUT2D eigenvalue weighted by molar-refractivity contribution is -0.00596. The van der Waals surface area contributed by atoms with Crippen molar-refractivity contribution < 1.29 is 0 Å². The molecule has 0 aromatic heterocycles. The Morgan fingerprint density at radius 2 is 1.40 bits per heavy atom. The zero-order valence-corrected chi connectivity index (χ0v) is 24.1. The van der Waals surface area contributed by atoms with Gasteiger partial charge in [-0.05, 0) is 141 Å². The molecular weight excluding hydrogens is 503 g/mol. The largest absolute Gasteiger partial charge is 0.113 e. The zero-order valence-electron chi connectivity index (χ0n) is 23.4. The lowest BCUT2D eigenvalue weighted by Gasteiger charge is -2.51. The average Bonchev–Trinajstić information content (AvgIpc) is 3.37. The van der Waals surface area contributed by atoms with Crippen LogP contribution >= 0.6 is 11.6 Å². The summed E-state index contributed by atoms with van der Waals surface area (Å²) in [7, 11) is 5.93. The van der Waals surface area contributed by atoms with E-state index >= 15 is 0 Å². The molecule has 4 fully saturated rings. The van der Waals surface area contributed by atoms with Crippen molar-refractivity contribution >= 4 is 24.9 Å². The molecule has 9 rings (SSSR count). The second kappa shape index (κ2) is 7.95. The molecule has 4 aromatic rings. The van der Waals surface area contributed by atoms with Crippen molar-refractivity contribution in [3.05, 3.63) is 101 Å². The first-order valence-corrected chi connectivity index (χ1v) is 15.6. The zero-order chi connectivity index (χ0) is 27.0. The minimum Gasteiger partial charge on any atom is -0.0966 e. The Bertz CT molecular complexity index is 1710. The molecule has 6 unspecified atom stereocenters. The molecule has 6 atom stereocenters. The molecule has 0 amide bonds. The summed E-state index contributed by atoms with van der Waals surface area (Å²) in [6, 6.07) is 29.1. The van der Waals surface area contributed by atoms with Crippen LogP contribution in [0.25, 0.3) is 33.4 Å². The van der Waals surface area contributed by atoms with E-state index in [1.54, 1.807) is 18.4 Å². The third-order valence-corrected chi connectivity index (χ3v) is 12.4. The van der Waals surface area contributed by atoms with E-state index in [0.717, 1.165) is 62.2 Å². The van der Waals surface area contributed by atoms with Crippen LogP contribution in [0.4, 0.5) is 0 Å². The van der Waals surface area contributed by atoms with Crippen molar-refractivity contribution in [2.45, 2.75) is 57.3 Å². The standard InChI is InChI=1S/C38H34BCl/c1-37(2)33-16-23(26-13-25(14-30(40)15-26)22-3-7-29(39)8-4-22)5-9-31(33)32-10-6-24(17-34(32)37)36-27-11-21-12-28-18-35(36)38(28,19-21)20-27/h3-10,13-17,21,27-28,35-36H,11-12,18-20H2,1-2H3. The number of hydrogen-bond donors (Lipinski definition) is 0. The van der Waals surface area contributed by atoms with Crippen molar-refractivity contribution in [3.8, 4) is 33.4 Å². The van der Waals surface area contributed by atoms with E-state index in [0.29, 0.717) is 0 Å². The summed E-state index contributed by atoms with van der Waals surface area (Å²) in [5, 5.41) is 0.755. The molecular formula is C38H34BCl. The number of hydrogen-bond acceptors (Lipinski definition) is 0. The highest BCUT2D eigenvalue weighted by atomic mass is 35.5. The van der Waals surface area contributed by atoms with Gasteiger partial charge in [-0.3, -0.25) is 0 Å². The minimum atomic E-state index is -0.0256. The van der Waals surface area contributed by atoms with Crippen LogP contribution < -0.4 is 5.46 Å². The summed E-state index contributed by atoms with van der Waals surface area (Å²) < 4.78 is 0. The molecule has 0 N–H and O–H groups in total. The Morgan fingerprint density at radius 3 is 2.20 bits per heavy atom. The van der Waals surface area contributed by atoms with E-state index in [2.05, 4.69) is 74.5 Å². The van der Waals surface area contributed by atoms with Crippen LogP contribution in [0.5, 0.6) is 0 Å². The molecule has 4 saturated carbocycles. The van der Waals surface area contributed by atoms with Crippen molar-refractivity contribution in [1.29, 1.82) is 0 Å². The average molecular weight is 537 g/mol. The number of fused-ring (bicyclic) bond motifs is 5. The summed E-state index contributed by atoms with van der Waals surface area (Å²) >= 11 is 6.66. The molecule has 1 spiro atoms. The van der Waals surface area contributed by atoms with Crippen molar-refractivity contribution in [1.82, 2.24) is 0 Å². The molecule has 2 radical (unpaired) electrons. The summed E-state index contributed by atoms with van der Waals surface area (Å²) in [4.78, 5) is 0. The maximum atomic E-state index is 6.66.